The summed E-state index contributed by atoms with van der Waals surface area (Å²) in [6.07, 6.45) is 0. The first-order valence-electron chi connectivity index (χ1n) is 6.66. The van der Waals surface area contributed by atoms with Gasteiger partial charge in [-0.3, -0.25) is 0 Å². The summed E-state index contributed by atoms with van der Waals surface area (Å²) in [4.78, 5) is 0. The van der Waals surface area contributed by atoms with E-state index in [1.165, 1.54) is 0 Å². The first-order valence-corrected chi connectivity index (χ1v) is 6.66. The van der Waals surface area contributed by atoms with E-state index in [2.05, 4.69) is 19.2 Å². The van der Waals surface area contributed by atoms with Crippen molar-refractivity contribution in [1.29, 1.82) is 0 Å². The maximum absolute atomic E-state index is 5.85. The highest BCUT2D eigenvalue weighted by atomic mass is 16.5. The Balaban J connectivity index is 2.65. The summed E-state index contributed by atoms with van der Waals surface area (Å²) in [6.45, 7) is 7.27. The molecule has 0 aliphatic heterocycles. The summed E-state index contributed by atoms with van der Waals surface area (Å²) in [5.74, 6) is 2.21. The molecule has 0 amide bonds. The van der Waals surface area contributed by atoms with Gasteiger partial charge in [-0.2, -0.15) is 0 Å². The molecule has 0 aliphatic rings. The lowest BCUT2D eigenvalue weighted by Gasteiger charge is -2.15. The minimum atomic E-state index is 0.500. The lowest BCUT2D eigenvalue weighted by Crippen LogP contribution is -2.19. The van der Waals surface area contributed by atoms with Gasteiger partial charge in [-0.15, -0.1) is 0 Å². The standard InChI is InChI=1S/C15H25NO3/c1-12(2)11-19-15-9-14(18-4)6-5-13(15)10-16-7-8-17-3/h5-6,9,12,16H,7-8,10-11H2,1-4H3. The molecule has 0 fully saturated rings. The Kier molecular flexibility index (Phi) is 7.30. The second kappa shape index (κ2) is 8.77. The SMILES string of the molecule is COCCNCc1ccc(OC)cc1OCC(C)C. The fourth-order valence-corrected chi connectivity index (χ4v) is 1.60. The average molecular weight is 267 g/mol. The number of rotatable bonds is 9. The second-order valence-electron chi connectivity index (χ2n) is 4.85. The van der Waals surface area contributed by atoms with Gasteiger partial charge in [0, 0.05) is 31.8 Å². The van der Waals surface area contributed by atoms with Gasteiger partial charge in [-0.25, -0.2) is 0 Å². The summed E-state index contributed by atoms with van der Waals surface area (Å²) in [6, 6.07) is 5.93. The van der Waals surface area contributed by atoms with Crippen molar-refractivity contribution >= 4 is 0 Å². The number of hydrogen-bond acceptors (Lipinski definition) is 4. The lowest BCUT2D eigenvalue weighted by atomic mass is 10.2. The minimum absolute atomic E-state index is 0.500. The van der Waals surface area contributed by atoms with Crippen LogP contribution in [0.25, 0.3) is 0 Å². The van der Waals surface area contributed by atoms with Crippen LogP contribution in [0, 0.1) is 5.92 Å². The van der Waals surface area contributed by atoms with Crippen LogP contribution in [0.1, 0.15) is 19.4 Å². The van der Waals surface area contributed by atoms with Crippen LogP contribution in [0.4, 0.5) is 0 Å². The fraction of sp³-hybridized carbons (Fsp3) is 0.600. The van der Waals surface area contributed by atoms with Gasteiger partial charge in [0.2, 0.25) is 0 Å². The molecule has 1 N–H and O–H groups in total. The van der Waals surface area contributed by atoms with Gasteiger partial charge in [0.25, 0.3) is 0 Å². The van der Waals surface area contributed by atoms with Crippen molar-refractivity contribution in [2.45, 2.75) is 20.4 Å². The zero-order valence-corrected chi connectivity index (χ0v) is 12.4. The third-order valence-electron chi connectivity index (χ3n) is 2.64. The molecule has 108 valence electrons. The number of ether oxygens (including phenoxy) is 3. The Bertz CT molecular complexity index is 366. The van der Waals surface area contributed by atoms with E-state index in [4.69, 9.17) is 14.2 Å². The topological polar surface area (TPSA) is 39.7 Å². The predicted molar refractivity (Wildman–Crippen MR) is 76.9 cm³/mol. The summed E-state index contributed by atoms with van der Waals surface area (Å²) >= 11 is 0. The molecule has 0 atom stereocenters. The second-order valence-corrected chi connectivity index (χ2v) is 4.85. The predicted octanol–water partition coefficient (Wildman–Crippen LogP) is 2.47. The van der Waals surface area contributed by atoms with Gasteiger partial charge in [-0.05, 0) is 12.0 Å². The molecule has 1 aromatic carbocycles. The number of nitrogens with one attached hydrogen (secondary N) is 1. The van der Waals surface area contributed by atoms with Crippen molar-refractivity contribution in [1.82, 2.24) is 5.32 Å². The van der Waals surface area contributed by atoms with Gasteiger partial charge in [0.1, 0.15) is 11.5 Å². The Morgan fingerprint density at radius 2 is 2.00 bits per heavy atom. The van der Waals surface area contributed by atoms with E-state index in [-0.39, 0.29) is 0 Å². The molecule has 1 rings (SSSR count). The van der Waals surface area contributed by atoms with E-state index in [0.717, 1.165) is 30.2 Å². The van der Waals surface area contributed by atoms with E-state index in [1.807, 2.05) is 18.2 Å². The zero-order chi connectivity index (χ0) is 14.1. The molecule has 0 saturated heterocycles. The molecule has 4 nitrogen and oxygen atoms in total. The maximum atomic E-state index is 5.85. The summed E-state index contributed by atoms with van der Waals surface area (Å²) in [5.41, 5.74) is 1.14. The molecular formula is C15H25NO3. The monoisotopic (exact) mass is 267 g/mol. The van der Waals surface area contributed by atoms with Gasteiger partial charge in [0.05, 0.1) is 20.3 Å². The molecule has 0 heterocycles. The van der Waals surface area contributed by atoms with Crippen LogP contribution < -0.4 is 14.8 Å². The first-order chi connectivity index (χ1) is 9.17. The quantitative estimate of drug-likeness (QED) is 0.698. The third kappa shape index (κ3) is 5.94. The van der Waals surface area contributed by atoms with E-state index >= 15 is 0 Å². The summed E-state index contributed by atoms with van der Waals surface area (Å²) < 4.78 is 16.1. The van der Waals surface area contributed by atoms with Crippen molar-refractivity contribution in [2.24, 2.45) is 5.92 Å². The minimum Gasteiger partial charge on any atom is -0.497 e. The molecule has 0 aromatic heterocycles. The van der Waals surface area contributed by atoms with Crippen LogP contribution in [-0.4, -0.2) is 34.0 Å². The highest BCUT2D eigenvalue weighted by Crippen LogP contribution is 2.25. The number of benzene rings is 1. The lowest BCUT2D eigenvalue weighted by molar-refractivity contribution is 0.199. The van der Waals surface area contributed by atoms with Gasteiger partial charge in [0.15, 0.2) is 0 Å². The van der Waals surface area contributed by atoms with Crippen LogP contribution in [0.3, 0.4) is 0 Å². The van der Waals surface area contributed by atoms with E-state index < -0.39 is 0 Å². The van der Waals surface area contributed by atoms with Crippen LogP contribution in [0.15, 0.2) is 18.2 Å². The summed E-state index contributed by atoms with van der Waals surface area (Å²) in [7, 11) is 3.37. The van der Waals surface area contributed by atoms with Gasteiger partial charge >= 0.3 is 0 Å². The summed E-state index contributed by atoms with van der Waals surface area (Å²) in [5, 5.41) is 3.32. The molecule has 0 radical (unpaired) electrons. The zero-order valence-electron chi connectivity index (χ0n) is 12.4. The molecule has 4 heteroatoms. The van der Waals surface area contributed by atoms with Crippen molar-refractivity contribution in [3.63, 3.8) is 0 Å². The fourth-order valence-electron chi connectivity index (χ4n) is 1.60. The van der Waals surface area contributed by atoms with Gasteiger partial charge in [-0.1, -0.05) is 19.9 Å². The Morgan fingerprint density at radius 3 is 2.63 bits per heavy atom. The highest BCUT2D eigenvalue weighted by molar-refractivity contribution is 5.40. The van der Waals surface area contributed by atoms with E-state index in [1.54, 1.807) is 14.2 Å². The van der Waals surface area contributed by atoms with Crippen LogP contribution in [0.5, 0.6) is 11.5 Å². The molecular weight excluding hydrogens is 242 g/mol. The molecule has 0 spiro atoms. The van der Waals surface area contributed by atoms with Crippen LogP contribution in [-0.2, 0) is 11.3 Å². The van der Waals surface area contributed by atoms with Gasteiger partial charge < -0.3 is 19.5 Å². The van der Waals surface area contributed by atoms with Crippen molar-refractivity contribution in [3.05, 3.63) is 23.8 Å². The normalized spacial score (nSPS) is 10.8. The van der Waals surface area contributed by atoms with E-state index in [9.17, 15) is 0 Å². The van der Waals surface area contributed by atoms with Crippen molar-refractivity contribution < 1.29 is 14.2 Å². The number of hydrogen-bond donors (Lipinski definition) is 1. The highest BCUT2D eigenvalue weighted by Gasteiger charge is 2.06. The largest absolute Gasteiger partial charge is 0.497 e. The van der Waals surface area contributed by atoms with Crippen molar-refractivity contribution in [3.8, 4) is 11.5 Å². The molecule has 19 heavy (non-hydrogen) atoms. The maximum Gasteiger partial charge on any atom is 0.127 e. The Morgan fingerprint density at radius 1 is 1.21 bits per heavy atom. The molecule has 0 bridgehead atoms. The Hall–Kier alpha value is -1.26. The van der Waals surface area contributed by atoms with Crippen molar-refractivity contribution in [2.75, 3.05) is 34.0 Å². The van der Waals surface area contributed by atoms with Crippen LogP contribution >= 0.6 is 0 Å². The average Bonchev–Trinajstić information content (AvgIpc) is 2.42. The smallest absolute Gasteiger partial charge is 0.127 e. The molecule has 0 saturated carbocycles. The van der Waals surface area contributed by atoms with E-state index in [0.29, 0.717) is 19.1 Å². The molecule has 0 unspecified atom stereocenters. The number of methoxy groups -OCH3 is 2. The van der Waals surface area contributed by atoms with Crippen LogP contribution in [0.2, 0.25) is 0 Å². The third-order valence-corrected chi connectivity index (χ3v) is 2.64. The molecule has 1 aromatic rings. The Labute approximate surface area is 116 Å². The molecule has 0 aliphatic carbocycles. The first kappa shape index (κ1) is 15.8.